The van der Waals surface area contributed by atoms with Crippen LogP contribution in [-0.2, 0) is 13.5 Å². The number of hydrogen-bond donors (Lipinski definition) is 0. The van der Waals surface area contributed by atoms with E-state index in [2.05, 4.69) is 20.1 Å². The molecule has 0 aliphatic carbocycles. The first-order valence-electron chi connectivity index (χ1n) is 7.39. The number of pyridine rings is 1. The van der Waals surface area contributed by atoms with Crippen molar-refractivity contribution in [3.05, 3.63) is 70.8 Å². The maximum Gasteiger partial charge on any atom is 0.258 e. The highest BCUT2D eigenvalue weighted by atomic mass is 16.5. The predicted octanol–water partition coefficient (Wildman–Crippen LogP) is 1.97. The van der Waals surface area contributed by atoms with Crippen molar-refractivity contribution in [3.63, 3.8) is 0 Å². The Hall–Kier alpha value is -3.35. The molecule has 7 nitrogen and oxygen atoms in total. The second-order valence-corrected chi connectivity index (χ2v) is 5.36. The Morgan fingerprint density at radius 2 is 2.08 bits per heavy atom. The summed E-state index contributed by atoms with van der Waals surface area (Å²) >= 11 is 0. The first-order chi connectivity index (χ1) is 11.7. The minimum absolute atomic E-state index is 0.127. The standard InChI is InChI=1S/C17H13N5O2/c1-22-14-5-3-2-4-12(14)13(9-16(22)23)17-20-15(21-24-17)8-11-10-18-6-7-19-11/h2-7,9-10H,8H2,1H3. The molecule has 3 aromatic heterocycles. The van der Waals surface area contributed by atoms with Crippen molar-refractivity contribution in [1.29, 1.82) is 0 Å². The molecule has 0 unspecified atom stereocenters. The number of nitrogens with zero attached hydrogens (tertiary/aromatic N) is 5. The second-order valence-electron chi connectivity index (χ2n) is 5.36. The van der Waals surface area contributed by atoms with Gasteiger partial charge in [-0.05, 0) is 6.07 Å². The molecule has 0 amide bonds. The summed E-state index contributed by atoms with van der Waals surface area (Å²) in [6, 6.07) is 9.13. The average molecular weight is 319 g/mol. The van der Waals surface area contributed by atoms with Crippen molar-refractivity contribution in [2.45, 2.75) is 6.42 Å². The lowest BCUT2D eigenvalue weighted by molar-refractivity contribution is 0.424. The van der Waals surface area contributed by atoms with E-state index in [1.165, 1.54) is 6.07 Å². The fraction of sp³-hybridized carbons (Fsp3) is 0.118. The predicted molar refractivity (Wildman–Crippen MR) is 87.3 cm³/mol. The van der Waals surface area contributed by atoms with E-state index in [1.54, 1.807) is 30.2 Å². The van der Waals surface area contributed by atoms with Crippen molar-refractivity contribution in [2.24, 2.45) is 7.05 Å². The summed E-state index contributed by atoms with van der Waals surface area (Å²) in [5.74, 6) is 0.818. The fourth-order valence-corrected chi connectivity index (χ4v) is 2.61. The average Bonchev–Trinajstić information content (AvgIpc) is 3.07. The van der Waals surface area contributed by atoms with E-state index in [1.807, 2.05) is 24.3 Å². The minimum Gasteiger partial charge on any atom is -0.334 e. The monoisotopic (exact) mass is 319 g/mol. The zero-order chi connectivity index (χ0) is 16.5. The van der Waals surface area contributed by atoms with Gasteiger partial charge >= 0.3 is 0 Å². The summed E-state index contributed by atoms with van der Waals surface area (Å²) in [5, 5.41) is 4.87. The molecule has 0 bridgehead atoms. The van der Waals surface area contributed by atoms with Crippen molar-refractivity contribution in [3.8, 4) is 11.5 Å². The lowest BCUT2D eigenvalue weighted by Gasteiger charge is -2.06. The van der Waals surface area contributed by atoms with Gasteiger partial charge in [0.2, 0.25) is 0 Å². The Morgan fingerprint density at radius 3 is 2.92 bits per heavy atom. The third kappa shape index (κ3) is 2.45. The van der Waals surface area contributed by atoms with Crippen LogP contribution in [0.2, 0.25) is 0 Å². The molecular formula is C17H13N5O2. The first-order valence-corrected chi connectivity index (χ1v) is 7.39. The smallest absolute Gasteiger partial charge is 0.258 e. The van der Waals surface area contributed by atoms with Crippen LogP contribution < -0.4 is 5.56 Å². The molecule has 7 heteroatoms. The number of benzene rings is 1. The van der Waals surface area contributed by atoms with E-state index in [0.29, 0.717) is 23.7 Å². The third-order valence-electron chi connectivity index (χ3n) is 3.81. The lowest BCUT2D eigenvalue weighted by Crippen LogP contribution is -2.16. The molecule has 0 spiro atoms. The number of para-hydroxylation sites is 1. The van der Waals surface area contributed by atoms with Gasteiger partial charge in [0.25, 0.3) is 11.4 Å². The Labute approximate surface area is 136 Å². The number of aryl methyl sites for hydroxylation is 1. The summed E-state index contributed by atoms with van der Waals surface area (Å²) in [5.41, 5.74) is 2.07. The molecule has 118 valence electrons. The molecule has 4 rings (SSSR count). The van der Waals surface area contributed by atoms with E-state index in [9.17, 15) is 4.79 Å². The topological polar surface area (TPSA) is 86.7 Å². The molecule has 24 heavy (non-hydrogen) atoms. The van der Waals surface area contributed by atoms with E-state index >= 15 is 0 Å². The quantitative estimate of drug-likeness (QED) is 0.574. The molecule has 0 N–H and O–H groups in total. The van der Waals surface area contributed by atoms with Gasteiger partial charge < -0.3 is 9.09 Å². The summed E-state index contributed by atoms with van der Waals surface area (Å²) in [6.45, 7) is 0. The van der Waals surface area contributed by atoms with Crippen LogP contribution in [0.25, 0.3) is 22.4 Å². The van der Waals surface area contributed by atoms with Crippen LogP contribution >= 0.6 is 0 Å². The van der Waals surface area contributed by atoms with Crippen molar-refractivity contribution < 1.29 is 4.52 Å². The molecule has 0 aliphatic heterocycles. The normalized spacial score (nSPS) is 11.0. The Balaban J connectivity index is 1.79. The van der Waals surface area contributed by atoms with Gasteiger partial charge in [-0.25, -0.2) is 0 Å². The fourth-order valence-electron chi connectivity index (χ4n) is 2.61. The molecule has 3 heterocycles. The largest absolute Gasteiger partial charge is 0.334 e. The van der Waals surface area contributed by atoms with Crippen LogP contribution in [0.3, 0.4) is 0 Å². The lowest BCUT2D eigenvalue weighted by atomic mass is 10.1. The van der Waals surface area contributed by atoms with Gasteiger partial charge in [-0.2, -0.15) is 4.98 Å². The highest BCUT2D eigenvalue weighted by Crippen LogP contribution is 2.25. The first kappa shape index (κ1) is 14.3. The molecule has 0 fully saturated rings. The van der Waals surface area contributed by atoms with Crippen LogP contribution in [0.15, 0.2) is 58.2 Å². The van der Waals surface area contributed by atoms with Gasteiger partial charge in [0.15, 0.2) is 5.82 Å². The van der Waals surface area contributed by atoms with Crippen molar-refractivity contribution >= 4 is 10.9 Å². The van der Waals surface area contributed by atoms with Gasteiger partial charge in [0.1, 0.15) is 0 Å². The third-order valence-corrected chi connectivity index (χ3v) is 3.81. The second kappa shape index (κ2) is 5.69. The highest BCUT2D eigenvalue weighted by Gasteiger charge is 2.15. The molecule has 0 saturated carbocycles. The molecule has 4 aromatic rings. The zero-order valence-corrected chi connectivity index (χ0v) is 12.9. The SMILES string of the molecule is Cn1c(=O)cc(-c2nc(Cc3cnccn3)no2)c2ccccc21. The van der Waals surface area contributed by atoms with Gasteiger partial charge in [-0.15, -0.1) is 0 Å². The number of fused-ring (bicyclic) bond motifs is 1. The van der Waals surface area contributed by atoms with Crippen LogP contribution in [0, 0.1) is 0 Å². The van der Waals surface area contributed by atoms with E-state index < -0.39 is 0 Å². The number of hydrogen-bond acceptors (Lipinski definition) is 6. The summed E-state index contributed by atoms with van der Waals surface area (Å²) in [4.78, 5) is 24.8. The van der Waals surface area contributed by atoms with E-state index in [4.69, 9.17) is 4.52 Å². The Kier molecular flexibility index (Phi) is 3.38. The van der Waals surface area contributed by atoms with Crippen molar-refractivity contribution in [2.75, 3.05) is 0 Å². The van der Waals surface area contributed by atoms with Gasteiger partial charge in [-0.3, -0.25) is 14.8 Å². The molecule has 0 saturated heterocycles. The van der Waals surface area contributed by atoms with Crippen LogP contribution in [0.5, 0.6) is 0 Å². The van der Waals surface area contributed by atoms with Gasteiger partial charge in [0.05, 0.1) is 23.2 Å². The highest BCUT2D eigenvalue weighted by molar-refractivity contribution is 5.92. The van der Waals surface area contributed by atoms with E-state index in [-0.39, 0.29) is 5.56 Å². The molecule has 0 radical (unpaired) electrons. The van der Waals surface area contributed by atoms with Gasteiger partial charge in [-0.1, -0.05) is 23.4 Å². The molecular weight excluding hydrogens is 306 g/mol. The number of rotatable bonds is 3. The zero-order valence-electron chi connectivity index (χ0n) is 12.9. The molecule has 0 atom stereocenters. The minimum atomic E-state index is -0.127. The van der Waals surface area contributed by atoms with Crippen LogP contribution in [0.4, 0.5) is 0 Å². The summed E-state index contributed by atoms with van der Waals surface area (Å²) in [7, 11) is 1.74. The summed E-state index contributed by atoms with van der Waals surface area (Å²) < 4.78 is 6.96. The molecule has 1 aromatic carbocycles. The maximum atomic E-state index is 12.2. The van der Waals surface area contributed by atoms with Crippen LogP contribution in [0.1, 0.15) is 11.5 Å². The van der Waals surface area contributed by atoms with Gasteiger partial charge in [0, 0.05) is 37.1 Å². The maximum absolute atomic E-state index is 12.2. The Bertz CT molecular complexity index is 1070. The number of aromatic nitrogens is 5. The Morgan fingerprint density at radius 1 is 1.21 bits per heavy atom. The van der Waals surface area contributed by atoms with E-state index in [0.717, 1.165) is 16.6 Å². The summed E-state index contributed by atoms with van der Waals surface area (Å²) in [6.07, 6.45) is 5.30. The molecule has 0 aliphatic rings. The van der Waals surface area contributed by atoms with Crippen molar-refractivity contribution in [1.82, 2.24) is 24.7 Å². The van der Waals surface area contributed by atoms with Crippen LogP contribution in [-0.4, -0.2) is 24.7 Å².